The van der Waals surface area contributed by atoms with Crippen molar-refractivity contribution in [2.45, 2.75) is 12.8 Å². The Kier molecular flexibility index (Phi) is 4.21. The Bertz CT molecular complexity index is 950. The van der Waals surface area contributed by atoms with Gasteiger partial charge in [-0.2, -0.15) is 0 Å². The maximum atomic E-state index is 11.6. The van der Waals surface area contributed by atoms with Crippen LogP contribution in [0, 0.1) is 5.92 Å². The molecule has 0 aliphatic rings. The van der Waals surface area contributed by atoms with Crippen molar-refractivity contribution in [1.82, 2.24) is 9.97 Å². The van der Waals surface area contributed by atoms with Crippen LogP contribution in [0.2, 0.25) is 0 Å². The Morgan fingerprint density at radius 3 is 1.68 bits per heavy atom. The van der Waals surface area contributed by atoms with Crippen LogP contribution in [0.15, 0.2) is 73.1 Å². The van der Waals surface area contributed by atoms with Gasteiger partial charge in [-0.1, -0.05) is 36.4 Å². The van der Waals surface area contributed by atoms with E-state index >= 15 is 0 Å². The molecule has 121 valence electrons. The summed E-state index contributed by atoms with van der Waals surface area (Å²) in [5.74, 6) is -0.198. The fourth-order valence-electron chi connectivity index (χ4n) is 3.35. The van der Waals surface area contributed by atoms with E-state index in [0.717, 1.165) is 32.9 Å². The highest BCUT2D eigenvalue weighted by Crippen LogP contribution is 2.23. The van der Waals surface area contributed by atoms with Gasteiger partial charge in [0.2, 0.25) is 6.29 Å². The Morgan fingerprint density at radius 2 is 1.20 bits per heavy atom. The number of rotatable bonds is 5. The van der Waals surface area contributed by atoms with Crippen molar-refractivity contribution in [3.05, 3.63) is 84.2 Å². The van der Waals surface area contributed by atoms with E-state index in [1.165, 1.54) is 0 Å². The molecular formula is C22H17N2O. The highest BCUT2D eigenvalue weighted by Gasteiger charge is 2.14. The zero-order valence-corrected chi connectivity index (χ0v) is 13.7. The maximum absolute atomic E-state index is 11.6. The molecule has 2 aromatic carbocycles. The fraction of sp³-hybridized carbons (Fsp3) is 0.136. The molecule has 4 rings (SSSR count). The molecule has 0 N–H and O–H groups in total. The first-order valence-corrected chi connectivity index (χ1v) is 8.38. The van der Waals surface area contributed by atoms with Gasteiger partial charge in [0.1, 0.15) is 0 Å². The normalized spacial score (nSPS) is 11.2. The van der Waals surface area contributed by atoms with Gasteiger partial charge in [-0.3, -0.25) is 14.8 Å². The molecule has 0 saturated carbocycles. The first-order valence-electron chi connectivity index (χ1n) is 8.38. The molecule has 0 amide bonds. The summed E-state index contributed by atoms with van der Waals surface area (Å²) in [6, 6.07) is 20.1. The second-order valence-corrected chi connectivity index (χ2v) is 6.20. The SMILES string of the molecule is O=[C]C(Cc1ccnc2ccccc12)Cc1ccnc2ccccc12. The molecule has 0 saturated heterocycles. The lowest BCUT2D eigenvalue weighted by atomic mass is 9.91. The Morgan fingerprint density at radius 1 is 0.720 bits per heavy atom. The van der Waals surface area contributed by atoms with Crippen LogP contribution in [-0.2, 0) is 17.6 Å². The third kappa shape index (κ3) is 3.13. The number of carbonyl (C=O) groups excluding carboxylic acids is 1. The highest BCUT2D eigenvalue weighted by atomic mass is 16.1. The van der Waals surface area contributed by atoms with Gasteiger partial charge in [-0.15, -0.1) is 0 Å². The summed E-state index contributed by atoms with van der Waals surface area (Å²) in [6.45, 7) is 0. The minimum atomic E-state index is -0.198. The van der Waals surface area contributed by atoms with Crippen LogP contribution in [0.3, 0.4) is 0 Å². The zero-order valence-electron chi connectivity index (χ0n) is 13.7. The Labute approximate surface area is 146 Å². The van der Waals surface area contributed by atoms with Crippen LogP contribution in [-0.4, -0.2) is 16.3 Å². The van der Waals surface area contributed by atoms with E-state index in [1.807, 2.05) is 48.5 Å². The summed E-state index contributed by atoms with van der Waals surface area (Å²) < 4.78 is 0. The summed E-state index contributed by atoms with van der Waals surface area (Å²) in [4.78, 5) is 20.4. The van der Waals surface area contributed by atoms with Crippen LogP contribution in [0.4, 0.5) is 0 Å². The van der Waals surface area contributed by atoms with Gasteiger partial charge >= 0.3 is 0 Å². The van der Waals surface area contributed by atoms with Crippen LogP contribution in [0.5, 0.6) is 0 Å². The monoisotopic (exact) mass is 325 g/mol. The maximum Gasteiger partial charge on any atom is 0.202 e. The molecular weight excluding hydrogens is 308 g/mol. The van der Waals surface area contributed by atoms with Gasteiger partial charge < -0.3 is 0 Å². The van der Waals surface area contributed by atoms with Crippen molar-refractivity contribution in [1.29, 1.82) is 0 Å². The van der Waals surface area contributed by atoms with Gasteiger partial charge in [0.15, 0.2) is 0 Å². The average molecular weight is 325 g/mol. The van der Waals surface area contributed by atoms with Crippen molar-refractivity contribution in [2.75, 3.05) is 0 Å². The number of pyridine rings is 2. The molecule has 0 unspecified atom stereocenters. The molecule has 0 fully saturated rings. The van der Waals surface area contributed by atoms with Crippen LogP contribution in [0.1, 0.15) is 11.1 Å². The third-order valence-corrected chi connectivity index (χ3v) is 4.58. The number of hydrogen-bond donors (Lipinski definition) is 0. The molecule has 1 radical (unpaired) electrons. The molecule has 25 heavy (non-hydrogen) atoms. The molecule has 3 heteroatoms. The number of aromatic nitrogens is 2. The van der Waals surface area contributed by atoms with Crippen LogP contribution < -0.4 is 0 Å². The first-order chi connectivity index (χ1) is 12.3. The number of benzene rings is 2. The van der Waals surface area contributed by atoms with Gasteiger partial charge in [-0.05, 0) is 48.2 Å². The van der Waals surface area contributed by atoms with E-state index in [1.54, 1.807) is 12.4 Å². The molecule has 4 aromatic rings. The second kappa shape index (κ2) is 6.81. The molecule has 0 atom stereocenters. The lowest BCUT2D eigenvalue weighted by Gasteiger charge is -2.13. The summed E-state index contributed by atoms with van der Waals surface area (Å²) in [6.07, 6.45) is 7.16. The lowest BCUT2D eigenvalue weighted by Crippen LogP contribution is -2.10. The smallest absolute Gasteiger partial charge is 0.202 e. The molecule has 0 aliphatic carbocycles. The molecule has 0 spiro atoms. The summed E-state index contributed by atoms with van der Waals surface area (Å²) >= 11 is 0. The largest absolute Gasteiger partial charge is 0.291 e. The standard InChI is InChI=1S/C22H17N2O/c25-15-16(13-17-9-11-23-21-7-3-1-5-19(17)21)14-18-10-12-24-22-8-4-2-6-20(18)22/h1-12,16H,13-14H2. The van der Waals surface area contributed by atoms with Gasteiger partial charge in [0.25, 0.3) is 0 Å². The van der Waals surface area contributed by atoms with Crippen molar-refractivity contribution in [3.8, 4) is 0 Å². The molecule has 0 aliphatic heterocycles. The average Bonchev–Trinajstić information content (AvgIpc) is 2.68. The fourth-order valence-corrected chi connectivity index (χ4v) is 3.35. The van der Waals surface area contributed by atoms with Crippen molar-refractivity contribution < 1.29 is 4.79 Å². The predicted molar refractivity (Wildman–Crippen MR) is 100 cm³/mol. The summed E-state index contributed by atoms with van der Waals surface area (Å²) in [5.41, 5.74) is 4.19. The summed E-state index contributed by atoms with van der Waals surface area (Å²) in [5, 5.41) is 2.20. The van der Waals surface area contributed by atoms with E-state index in [9.17, 15) is 4.79 Å². The van der Waals surface area contributed by atoms with E-state index in [2.05, 4.69) is 28.4 Å². The van der Waals surface area contributed by atoms with Crippen molar-refractivity contribution >= 4 is 28.1 Å². The Balaban J connectivity index is 1.65. The van der Waals surface area contributed by atoms with Gasteiger partial charge in [0.05, 0.1) is 11.0 Å². The number of para-hydroxylation sites is 2. The van der Waals surface area contributed by atoms with Crippen molar-refractivity contribution in [3.63, 3.8) is 0 Å². The minimum absolute atomic E-state index is 0.198. The minimum Gasteiger partial charge on any atom is -0.291 e. The Hall–Kier alpha value is -3.07. The van der Waals surface area contributed by atoms with Crippen LogP contribution >= 0.6 is 0 Å². The summed E-state index contributed by atoms with van der Waals surface area (Å²) in [7, 11) is 0. The number of fused-ring (bicyclic) bond motifs is 2. The van der Waals surface area contributed by atoms with Crippen LogP contribution in [0.25, 0.3) is 21.8 Å². The zero-order chi connectivity index (χ0) is 17.1. The molecule has 2 heterocycles. The van der Waals surface area contributed by atoms with E-state index in [4.69, 9.17) is 0 Å². The van der Waals surface area contributed by atoms with Gasteiger partial charge in [-0.25, -0.2) is 0 Å². The third-order valence-electron chi connectivity index (χ3n) is 4.58. The molecule has 2 aromatic heterocycles. The van der Waals surface area contributed by atoms with E-state index in [-0.39, 0.29) is 5.92 Å². The lowest BCUT2D eigenvalue weighted by molar-refractivity contribution is 0.517. The van der Waals surface area contributed by atoms with Gasteiger partial charge in [0, 0.05) is 29.1 Å². The second-order valence-electron chi connectivity index (χ2n) is 6.20. The highest BCUT2D eigenvalue weighted by molar-refractivity contribution is 5.83. The van der Waals surface area contributed by atoms with E-state index in [0.29, 0.717) is 12.8 Å². The molecule has 0 bridgehead atoms. The van der Waals surface area contributed by atoms with Crippen molar-refractivity contribution in [2.24, 2.45) is 5.92 Å². The number of nitrogens with zero attached hydrogens (tertiary/aromatic N) is 2. The predicted octanol–water partition coefficient (Wildman–Crippen LogP) is 4.29. The quantitative estimate of drug-likeness (QED) is 0.549. The topological polar surface area (TPSA) is 42.9 Å². The molecule has 3 nitrogen and oxygen atoms in total. The first kappa shape index (κ1) is 15.5. The number of hydrogen-bond acceptors (Lipinski definition) is 3. The van der Waals surface area contributed by atoms with E-state index < -0.39 is 0 Å².